The molecule has 7 rings (SSSR count). The van der Waals surface area contributed by atoms with Crippen LogP contribution < -0.4 is 15.0 Å². The van der Waals surface area contributed by atoms with E-state index in [9.17, 15) is 14.7 Å². The van der Waals surface area contributed by atoms with Gasteiger partial charge in [-0.05, 0) is 115 Å². The van der Waals surface area contributed by atoms with E-state index in [4.69, 9.17) is 24.3 Å². The number of hydrogen-bond acceptors (Lipinski definition) is 8. The second-order valence-corrected chi connectivity index (χ2v) is 17.8. The molecule has 3 aliphatic rings. The van der Waals surface area contributed by atoms with Crippen LogP contribution in [-0.4, -0.2) is 75.1 Å². The third kappa shape index (κ3) is 9.67. The lowest BCUT2D eigenvalue weighted by Crippen LogP contribution is -2.46. The van der Waals surface area contributed by atoms with Crippen LogP contribution >= 0.6 is 0 Å². The van der Waals surface area contributed by atoms with Gasteiger partial charge in [0, 0.05) is 54.7 Å². The van der Waals surface area contributed by atoms with Crippen LogP contribution in [0.5, 0.6) is 5.75 Å². The van der Waals surface area contributed by atoms with Crippen molar-refractivity contribution in [2.45, 2.75) is 124 Å². The Morgan fingerprint density at radius 2 is 1.76 bits per heavy atom. The summed E-state index contributed by atoms with van der Waals surface area (Å²) in [4.78, 5) is 33.5. The minimum absolute atomic E-state index is 0.0462. The summed E-state index contributed by atoms with van der Waals surface area (Å²) in [6, 6.07) is 15.7. The number of benzene rings is 2. The number of nitrogens with zero attached hydrogens (tertiary/aromatic N) is 4. The summed E-state index contributed by atoms with van der Waals surface area (Å²) in [6.07, 6.45) is 3.83. The van der Waals surface area contributed by atoms with E-state index in [2.05, 4.69) is 50.9 Å². The molecule has 0 saturated carbocycles. The summed E-state index contributed by atoms with van der Waals surface area (Å²) in [5.41, 5.74) is 4.56. The molecule has 1 amide bonds. The van der Waals surface area contributed by atoms with Crippen molar-refractivity contribution in [3.8, 4) is 28.1 Å². The van der Waals surface area contributed by atoms with Gasteiger partial charge in [0.05, 0.1) is 28.6 Å². The zero-order valence-corrected chi connectivity index (χ0v) is 34.1. The van der Waals surface area contributed by atoms with E-state index in [0.717, 1.165) is 55.2 Å². The largest absolute Gasteiger partial charge is 0.490 e. The smallest absolute Gasteiger partial charge is 0.337 e. The number of carbonyl (C=O) groups excluding carboxylic acids is 1. The molecule has 55 heavy (non-hydrogen) atoms. The highest BCUT2D eigenvalue weighted by molar-refractivity contribution is 5.96. The number of carboxylic acids is 1. The van der Waals surface area contributed by atoms with Gasteiger partial charge in [-0.1, -0.05) is 39.0 Å². The molecule has 296 valence electrons. The maximum absolute atomic E-state index is 13.4. The van der Waals surface area contributed by atoms with Crippen LogP contribution in [0, 0.1) is 12.3 Å². The highest BCUT2D eigenvalue weighted by Crippen LogP contribution is 2.40. The van der Waals surface area contributed by atoms with Crippen LogP contribution in [0.4, 0.5) is 5.82 Å². The molecule has 0 spiro atoms. The Balaban J connectivity index is 1.48. The lowest BCUT2D eigenvalue weighted by molar-refractivity contribution is -0.160. The number of anilines is 1. The number of fused-ring (bicyclic) bond motifs is 8. The Morgan fingerprint density at radius 1 is 1.04 bits per heavy atom. The van der Waals surface area contributed by atoms with Crippen molar-refractivity contribution in [3.63, 3.8) is 0 Å². The van der Waals surface area contributed by atoms with Gasteiger partial charge in [0.1, 0.15) is 11.6 Å². The fourth-order valence-corrected chi connectivity index (χ4v) is 7.42. The second-order valence-electron chi connectivity index (χ2n) is 17.8. The fourth-order valence-electron chi connectivity index (χ4n) is 7.42. The summed E-state index contributed by atoms with van der Waals surface area (Å²) in [6.45, 7) is 20.7. The molecule has 1 saturated heterocycles. The van der Waals surface area contributed by atoms with Gasteiger partial charge in [0.15, 0.2) is 11.8 Å². The Hall–Kier alpha value is -4.48. The van der Waals surface area contributed by atoms with Crippen molar-refractivity contribution < 1.29 is 28.9 Å². The first-order valence-electron chi connectivity index (χ1n) is 19.8. The Labute approximate surface area is 325 Å². The molecule has 2 N–H and O–H groups in total. The van der Waals surface area contributed by atoms with Gasteiger partial charge < -0.3 is 29.5 Å². The standard InChI is InChI=1S/C44H59N5O6/c1-28-13-10-11-24-53-44(9)19-22-48(23-20-44)40-37(38(41(51)52)55-43(6,7)8)29(2)46-36-27-34(47-49(36)40)31-15-12-14-30(25-31)33-26-32(16-17-35(33)54-28)39(50)45-21-18-42(3,4)5/h12,14-17,25-28,38H,10-11,13,18-24H2,1-9H3,(H,45,50)(H,51,52)/t28-,38-/m0/s1. The van der Waals surface area contributed by atoms with Crippen LogP contribution in [0.25, 0.3) is 28.0 Å². The number of nitrogens with one attached hydrogen (secondary N) is 1. The first-order valence-corrected chi connectivity index (χ1v) is 19.8. The topological polar surface area (TPSA) is 128 Å². The summed E-state index contributed by atoms with van der Waals surface area (Å²) < 4.78 is 21.2. The van der Waals surface area contributed by atoms with E-state index < -0.39 is 17.7 Å². The van der Waals surface area contributed by atoms with E-state index in [1.54, 1.807) is 4.52 Å². The Bertz CT molecular complexity index is 2020. The Kier molecular flexibility index (Phi) is 11.6. The lowest BCUT2D eigenvalue weighted by atomic mass is 9.92. The molecule has 4 aromatic rings. The molecule has 3 aliphatic heterocycles. The molecular formula is C44H59N5O6. The third-order valence-electron chi connectivity index (χ3n) is 10.5. The monoisotopic (exact) mass is 753 g/mol. The molecule has 0 aliphatic carbocycles. The van der Waals surface area contributed by atoms with Crippen molar-refractivity contribution in [3.05, 3.63) is 65.4 Å². The normalized spacial score (nSPS) is 20.2. The Morgan fingerprint density at radius 3 is 2.45 bits per heavy atom. The van der Waals surface area contributed by atoms with E-state index in [0.29, 0.717) is 66.0 Å². The van der Waals surface area contributed by atoms with Crippen molar-refractivity contribution in [2.75, 3.05) is 31.1 Å². The summed E-state index contributed by atoms with van der Waals surface area (Å²) in [5, 5.41) is 18.8. The number of hydrogen-bond donors (Lipinski definition) is 2. The molecule has 11 heteroatoms. The first-order chi connectivity index (χ1) is 25.9. The van der Waals surface area contributed by atoms with Crippen molar-refractivity contribution in [1.29, 1.82) is 0 Å². The summed E-state index contributed by atoms with van der Waals surface area (Å²) in [7, 11) is 0. The van der Waals surface area contributed by atoms with Crippen LogP contribution in [0.2, 0.25) is 0 Å². The molecule has 2 aromatic heterocycles. The molecule has 2 aromatic carbocycles. The maximum Gasteiger partial charge on any atom is 0.337 e. The van der Waals surface area contributed by atoms with Crippen LogP contribution in [0.1, 0.15) is 122 Å². The average molecular weight is 754 g/mol. The van der Waals surface area contributed by atoms with E-state index in [1.165, 1.54) is 0 Å². The van der Waals surface area contributed by atoms with Crippen LogP contribution in [-0.2, 0) is 14.3 Å². The molecule has 2 atom stereocenters. The highest BCUT2D eigenvalue weighted by atomic mass is 16.5. The molecule has 6 bridgehead atoms. The minimum Gasteiger partial charge on any atom is -0.490 e. The number of aryl methyl sites for hydroxylation is 1. The number of piperidine rings is 1. The number of ether oxygens (including phenoxy) is 3. The number of aromatic nitrogens is 3. The number of rotatable bonds is 6. The van der Waals surface area contributed by atoms with Crippen molar-refractivity contribution >= 4 is 23.3 Å². The summed E-state index contributed by atoms with van der Waals surface area (Å²) >= 11 is 0. The molecule has 0 radical (unpaired) electrons. The SMILES string of the molecule is Cc1nc2cc3nn2c(c1[C@H](OC(C)(C)C)C(=O)O)N1CCC(C)(CC1)OCCCC[C@H](C)Oc1ccc(C(=O)NCCC(C)(C)C)cc1-c1cccc-3c1. The van der Waals surface area contributed by atoms with E-state index >= 15 is 0 Å². The predicted molar refractivity (Wildman–Crippen MR) is 216 cm³/mol. The molecule has 0 unspecified atom stereocenters. The maximum atomic E-state index is 13.4. The molecule has 1 fully saturated rings. The number of carbonyl (C=O) groups is 2. The van der Waals surface area contributed by atoms with Gasteiger partial charge in [-0.25, -0.2) is 9.78 Å². The minimum atomic E-state index is -1.25. The van der Waals surface area contributed by atoms with E-state index in [-0.39, 0.29) is 23.0 Å². The molecular weight excluding hydrogens is 695 g/mol. The average Bonchev–Trinajstić information content (AvgIpc) is 3.53. The third-order valence-corrected chi connectivity index (χ3v) is 10.5. The van der Waals surface area contributed by atoms with Crippen molar-refractivity contribution in [1.82, 2.24) is 19.9 Å². The summed E-state index contributed by atoms with van der Waals surface area (Å²) in [5.74, 6) is 0.176. The van der Waals surface area contributed by atoms with Gasteiger partial charge in [-0.2, -0.15) is 9.61 Å². The zero-order chi connectivity index (χ0) is 39.7. The number of aliphatic carboxylic acids is 1. The quantitative estimate of drug-likeness (QED) is 0.199. The van der Waals surface area contributed by atoms with Crippen molar-refractivity contribution in [2.24, 2.45) is 5.41 Å². The first kappa shape index (κ1) is 40.2. The number of carboxylic acid groups (broad SMARTS) is 1. The fraction of sp³-hybridized carbons (Fsp3) is 0.545. The molecule has 5 heterocycles. The predicted octanol–water partition coefficient (Wildman–Crippen LogP) is 8.81. The zero-order valence-electron chi connectivity index (χ0n) is 34.1. The van der Waals surface area contributed by atoms with Gasteiger partial charge in [0.25, 0.3) is 5.91 Å². The molecule has 11 nitrogen and oxygen atoms in total. The van der Waals surface area contributed by atoms with Gasteiger partial charge in [-0.3, -0.25) is 4.79 Å². The van der Waals surface area contributed by atoms with Gasteiger partial charge >= 0.3 is 5.97 Å². The number of amides is 1. The lowest BCUT2D eigenvalue weighted by Gasteiger charge is -2.41. The van der Waals surface area contributed by atoms with E-state index in [1.807, 2.05) is 70.2 Å². The highest BCUT2D eigenvalue weighted by Gasteiger charge is 2.38. The van der Waals surface area contributed by atoms with Gasteiger partial charge in [-0.15, -0.1) is 0 Å². The second kappa shape index (κ2) is 15.9. The van der Waals surface area contributed by atoms with Crippen LogP contribution in [0.15, 0.2) is 48.5 Å². The van der Waals surface area contributed by atoms with Gasteiger partial charge in [0.2, 0.25) is 0 Å². The van der Waals surface area contributed by atoms with Crippen LogP contribution in [0.3, 0.4) is 0 Å².